The van der Waals surface area contributed by atoms with Gasteiger partial charge in [0.15, 0.2) is 0 Å². The molecule has 1 aromatic rings. The van der Waals surface area contributed by atoms with Gasteiger partial charge in [-0.15, -0.1) is 0 Å². The molecule has 0 aliphatic rings. The van der Waals surface area contributed by atoms with Gasteiger partial charge in [0, 0.05) is 6.07 Å². The molecule has 0 aliphatic carbocycles. The van der Waals surface area contributed by atoms with Crippen molar-refractivity contribution in [3.8, 4) is 0 Å². The Kier molecular flexibility index (Phi) is 3.65. The molecule has 0 heterocycles. The van der Waals surface area contributed by atoms with Crippen molar-refractivity contribution in [2.24, 2.45) is 11.1 Å². The lowest BCUT2D eigenvalue weighted by molar-refractivity contribution is 0.0399. The van der Waals surface area contributed by atoms with E-state index < -0.39 is 29.2 Å². The van der Waals surface area contributed by atoms with Crippen LogP contribution in [0.25, 0.3) is 0 Å². The Morgan fingerprint density at radius 3 is 1.94 bits per heavy atom. The Bertz CT molecular complexity index is 354. The van der Waals surface area contributed by atoms with Gasteiger partial charge < -0.3 is 10.8 Å². The normalized spacial score (nSPS) is 15.9. The van der Waals surface area contributed by atoms with Crippen LogP contribution >= 0.6 is 0 Å². The monoisotopic (exact) mass is 229 g/mol. The molecule has 0 spiro atoms. The van der Waals surface area contributed by atoms with Gasteiger partial charge in [-0.05, 0) is 23.1 Å². The highest BCUT2D eigenvalue weighted by Crippen LogP contribution is 2.29. The van der Waals surface area contributed by atoms with Gasteiger partial charge in [-0.25, -0.2) is 8.78 Å². The Labute approximate surface area is 94.1 Å². The first-order valence-corrected chi connectivity index (χ1v) is 5.11. The molecule has 2 atom stereocenters. The van der Waals surface area contributed by atoms with E-state index in [1.165, 1.54) is 0 Å². The minimum Gasteiger partial charge on any atom is -0.391 e. The molecule has 0 aromatic heterocycles. The fraction of sp³-hybridized carbons (Fsp3) is 0.500. The van der Waals surface area contributed by atoms with Crippen LogP contribution in [0, 0.1) is 17.0 Å². The van der Waals surface area contributed by atoms with Gasteiger partial charge in [0.1, 0.15) is 11.6 Å². The summed E-state index contributed by atoms with van der Waals surface area (Å²) in [5.41, 5.74) is 5.60. The van der Waals surface area contributed by atoms with Crippen molar-refractivity contribution >= 4 is 0 Å². The van der Waals surface area contributed by atoms with Crippen molar-refractivity contribution in [3.63, 3.8) is 0 Å². The third-order valence-electron chi connectivity index (χ3n) is 2.50. The molecule has 0 saturated heterocycles. The van der Waals surface area contributed by atoms with Crippen LogP contribution in [0.15, 0.2) is 18.2 Å². The number of hydrogen-bond donors (Lipinski definition) is 2. The first kappa shape index (κ1) is 13.1. The lowest BCUT2D eigenvalue weighted by atomic mass is 9.82. The topological polar surface area (TPSA) is 46.2 Å². The fourth-order valence-corrected chi connectivity index (χ4v) is 1.49. The van der Waals surface area contributed by atoms with Gasteiger partial charge in [-0.2, -0.15) is 0 Å². The van der Waals surface area contributed by atoms with E-state index in [4.69, 9.17) is 5.73 Å². The Hall–Kier alpha value is -1.00. The van der Waals surface area contributed by atoms with Crippen LogP contribution in [0.4, 0.5) is 8.78 Å². The number of aliphatic hydroxyl groups is 1. The quantitative estimate of drug-likeness (QED) is 0.817. The van der Waals surface area contributed by atoms with Crippen LogP contribution < -0.4 is 5.73 Å². The van der Waals surface area contributed by atoms with Gasteiger partial charge in [0.2, 0.25) is 0 Å². The minimum atomic E-state index is -0.867. The summed E-state index contributed by atoms with van der Waals surface area (Å²) in [6.07, 6.45) is -0.867. The number of aliphatic hydroxyl groups excluding tert-OH is 1. The van der Waals surface area contributed by atoms with Crippen molar-refractivity contribution in [1.29, 1.82) is 0 Å². The predicted molar refractivity (Wildman–Crippen MR) is 58.7 cm³/mol. The van der Waals surface area contributed by atoms with Crippen LogP contribution in [-0.4, -0.2) is 11.2 Å². The molecular weight excluding hydrogens is 212 g/mol. The summed E-state index contributed by atoms with van der Waals surface area (Å²) in [6.45, 7) is 5.44. The fourth-order valence-electron chi connectivity index (χ4n) is 1.49. The Morgan fingerprint density at radius 1 is 1.12 bits per heavy atom. The smallest absolute Gasteiger partial charge is 0.126 e. The summed E-state index contributed by atoms with van der Waals surface area (Å²) in [7, 11) is 0. The molecule has 0 aliphatic heterocycles. The second-order valence-electron chi connectivity index (χ2n) is 5.04. The molecule has 3 N–H and O–H groups in total. The van der Waals surface area contributed by atoms with E-state index in [1.54, 1.807) is 0 Å². The first-order valence-electron chi connectivity index (χ1n) is 5.11. The first-order chi connectivity index (χ1) is 7.21. The standard InChI is InChI=1S/C12H17F2NO/c1-12(2,3)11(16)10(15)7-4-8(13)6-9(14)5-7/h4-6,10-11,16H,15H2,1-3H3/t10-,11-/m0/s1. The maximum Gasteiger partial charge on any atom is 0.126 e. The number of nitrogens with two attached hydrogens (primary N) is 1. The van der Waals surface area contributed by atoms with E-state index in [9.17, 15) is 13.9 Å². The Morgan fingerprint density at radius 2 is 1.56 bits per heavy atom. The minimum absolute atomic E-state index is 0.264. The van der Waals surface area contributed by atoms with Crippen LogP contribution in [0.3, 0.4) is 0 Å². The summed E-state index contributed by atoms with van der Waals surface area (Å²) in [6, 6.07) is 2.26. The van der Waals surface area contributed by atoms with Gasteiger partial charge in [0.25, 0.3) is 0 Å². The van der Waals surface area contributed by atoms with E-state index in [1.807, 2.05) is 20.8 Å². The molecule has 90 valence electrons. The molecule has 0 fully saturated rings. The average molecular weight is 229 g/mol. The number of rotatable bonds is 2. The molecule has 0 radical (unpaired) electrons. The molecule has 0 saturated carbocycles. The maximum absolute atomic E-state index is 13.0. The largest absolute Gasteiger partial charge is 0.391 e. The summed E-state index contributed by atoms with van der Waals surface area (Å²) >= 11 is 0. The highest BCUT2D eigenvalue weighted by atomic mass is 19.1. The molecule has 0 unspecified atom stereocenters. The summed E-state index contributed by atoms with van der Waals surface area (Å²) in [4.78, 5) is 0. The van der Waals surface area contributed by atoms with Crippen LogP contribution in [0.1, 0.15) is 32.4 Å². The third kappa shape index (κ3) is 3.00. The van der Waals surface area contributed by atoms with Crippen molar-refractivity contribution in [2.45, 2.75) is 32.9 Å². The Balaban J connectivity index is 3.00. The summed E-state index contributed by atoms with van der Waals surface area (Å²) < 4.78 is 25.9. The van der Waals surface area contributed by atoms with Crippen molar-refractivity contribution in [1.82, 2.24) is 0 Å². The van der Waals surface area contributed by atoms with Crippen molar-refractivity contribution in [3.05, 3.63) is 35.4 Å². The second kappa shape index (κ2) is 4.47. The van der Waals surface area contributed by atoms with E-state index in [0.717, 1.165) is 18.2 Å². The zero-order valence-corrected chi connectivity index (χ0v) is 9.67. The molecule has 1 rings (SSSR count). The van der Waals surface area contributed by atoms with Gasteiger partial charge in [-0.1, -0.05) is 20.8 Å². The molecule has 1 aromatic carbocycles. The van der Waals surface area contributed by atoms with Gasteiger partial charge in [0.05, 0.1) is 12.1 Å². The number of benzene rings is 1. The molecular formula is C12H17F2NO. The zero-order valence-electron chi connectivity index (χ0n) is 9.67. The van der Waals surface area contributed by atoms with Gasteiger partial charge in [-0.3, -0.25) is 0 Å². The number of halogens is 2. The van der Waals surface area contributed by atoms with Crippen molar-refractivity contribution in [2.75, 3.05) is 0 Å². The third-order valence-corrected chi connectivity index (χ3v) is 2.50. The maximum atomic E-state index is 13.0. The van der Waals surface area contributed by atoms with E-state index in [2.05, 4.69) is 0 Å². The van der Waals surface area contributed by atoms with E-state index in [0.29, 0.717) is 0 Å². The lowest BCUT2D eigenvalue weighted by Crippen LogP contribution is -2.37. The summed E-state index contributed by atoms with van der Waals surface area (Å²) in [5.74, 6) is -1.38. The molecule has 2 nitrogen and oxygen atoms in total. The molecule has 0 bridgehead atoms. The highest BCUT2D eigenvalue weighted by Gasteiger charge is 2.29. The molecule has 16 heavy (non-hydrogen) atoms. The van der Waals surface area contributed by atoms with E-state index >= 15 is 0 Å². The van der Waals surface area contributed by atoms with Gasteiger partial charge >= 0.3 is 0 Å². The van der Waals surface area contributed by atoms with Crippen LogP contribution in [0.2, 0.25) is 0 Å². The SMILES string of the molecule is CC(C)(C)[C@@H](O)[C@@H](N)c1cc(F)cc(F)c1. The summed E-state index contributed by atoms with van der Waals surface area (Å²) in [5, 5.41) is 9.92. The van der Waals surface area contributed by atoms with Crippen LogP contribution in [0.5, 0.6) is 0 Å². The zero-order chi connectivity index (χ0) is 12.5. The van der Waals surface area contributed by atoms with Crippen LogP contribution in [-0.2, 0) is 0 Å². The average Bonchev–Trinajstić information content (AvgIpc) is 2.12. The lowest BCUT2D eigenvalue weighted by Gasteiger charge is -2.31. The number of hydrogen-bond acceptors (Lipinski definition) is 2. The predicted octanol–water partition coefficient (Wildman–Crippen LogP) is 2.37. The van der Waals surface area contributed by atoms with E-state index in [-0.39, 0.29) is 5.56 Å². The second-order valence-corrected chi connectivity index (χ2v) is 5.04. The molecule has 0 amide bonds. The van der Waals surface area contributed by atoms with Crippen molar-refractivity contribution < 1.29 is 13.9 Å². The highest BCUT2D eigenvalue weighted by molar-refractivity contribution is 5.22. The molecule has 4 heteroatoms.